The van der Waals surface area contributed by atoms with Crippen molar-refractivity contribution >= 4 is 11.3 Å². The Kier molecular flexibility index (Phi) is 4.28. The maximum Gasteiger partial charge on any atom is 0.109 e. The standard InChI is InChI=1S/C12H18N4S/c1-3-12-15-9-10(17-12)8-13-5-4-11-14-6-7-16(11)2/h6-7,9,13H,3-5,8H2,1-2H3. The Morgan fingerprint density at radius 1 is 1.41 bits per heavy atom. The minimum atomic E-state index is 0.905. The molecule has 17 heavy (non-hydrogen) atoms. The van der Waals surface area contributed by atoms with Gasteiger partial charge in [-0.1, -0.05) is 6.92 Å². The second-order valence-corrected chi connectivity index (χ2v) is 5.15. The van der Waals surface area contributed by atoms with Crippen molar-refractivity contribution in [2.24, 2.45) is 7.05 Å². The van der Waals surface area contributed by atoms with Gasteiger partial charge < -0.3 is 9.88 Å². The van der Waals surface area contributed by atoms with Crippen LogP contribution >= 0.6 is 11.3 Å². The van der Waals surface area contributed by atoms with E-state index in [1.54, 1.807) is 11.3 Å². The lowest BCUT2D eigenvalue weighted by Gasteiger charge is -2.03. The Morgan fingerprint density at radius 2 is 2.29 bits per heavy atom. The van der Waals surface area contributed by atoms with Crippen molar-refractivity contribution in [3.05, 3.63) is 34.3 Å². The van der Waals surface area contributed by atoms with Crippen molar-refractivity contribution in [2.75, 3.05) is 6.54 Å². The fraction of sp³-hybridized carbons (Fsp3) is 0.500. The Labute approximate surface area is 106 Å². The molecule has 0 spiro atoms. The van der Waals surface area contributed by atoms with Crippen molar-refractivity contribution < 1.29 is 0 Å². The van der Waals surface area contributed by atoms with E-state index in [9.17, 15) is 0 Å². The third-order valence-electron chi connectivity index (χ3n) is 2.65. The average Bonchev–Trinajstić information content (AvgIpc) is 2.94. The highest BCUT2D eigenvalue weighted by molar-refractivity contribution is 7.11. The van der Waals surface area contributed by atoms with E-state index in [2.05, 4.69) is 26.8 Å². The first kappa shape index (κ1) is 12.3. The molecule has 0 saturated heterocycles. The summed E-state index contributed by atoms with van der Waals surface area (Å²) in [4.78, 5) is 9.94. The zero-order chi connectivity index (χ0) is 12.1. The number of thiazole rings is 1. The average molecular weight is 250 g/mol. The monoisotopic (exact) mass is 250 g/mol. The molecule has 0 saturated carbocycles. The number of hydrogen-bond acceptors (Lipinski definition) is 4. The summed E-state index contributed by atoms with van der Waals surface area (Å²) in [6.07, 6.45) is 7.77. The van der Waals surface area contributed by atoms with Crippen LogP contribution < -0.4 is 5.32 Å². The summed E-state index contributed by atoms with van der Waals surface area (Å²) in [6, 6.07) is 0. The van der Waals surface area contributed by atoms with Gasteiger partial charge in [-0.2, -0.15) is 0 Å². The van der Waals surface area contributed by atoms with Gasteiger partial charge in [0.1, 0.15) is 5.82 Å². The van der Waals surface area contributed by atoms with Crippen LogP contribution in [0.3, 0.4) is 0 Å². The molecule has 0 aliphatic heterocycles. The number of rotatable bonds is 6. The molecule has 0 radical (unpaired) electrons. The molecule has 92 valence electrons. The molecule has 0 aliphatic carbocycles. The molecule has 2 heterocycles. The summed E-state index contributed by atoms with van der Waals surface area (Å²) in [7, 11) is 2.03. The zero-order valence-electron chi connectivity index (χ0n) is 10.3. The second-order valence-electron chi connectivity index (χ2n) is 3.96. The Bertz CT molecular complexity index is 461. The molecular formula is C12H18N4S. The van der Waals surface area contributed by atoms with Crippen molar-refractivity contribution in [1.29, 1.82) is 0 Å². The molecule has 2 aromatic heterocycles. The van der Waals surface area contributed by atoms with Crippen LogP contribution in [0.1, 0.15) is 22.6 Å². The Morgan fingerprint density at radius 3 is 2.94 bits per heavy atom. The maximum atomic E-state index is 4.34. The van der Waals surface area contributed by atoms with Gasteiger partial charge in [0, 0.05) is 50.0 Å². The first-order valence-electron chi connectivity index (χ1n) is 5.90. The third-order valence-corrected chi connectivity index (χ3v) is 3.79. The van der Waals surface area contributed by atoms with E-state index in [0.717, 1.165) is 31.8 Å². The van der Waals surface area contributed by atoms with Gasteiger partial charge in [-0.3, -0.25) is 0 Å². The van der Waals surface area contributed by atoms with E-state index < -0.39 is 0 Å². The summed E-state index contributed by atoms with van der Waals surface area (Å²) >= 11 is 1.79. The number of imidazole rings is 1. The van der Waals surface area contributed by atoms with Gasteiger partial charge in [-0.25, -0.2) is 9.97 Å². The highest BCUT2D eigenvalue weighted by atomic mass is 32.1. The molecule has 2 aromatic rings. The second kappa shape index (κ2) is 5.93. The fourth-order valence-corrected chi connectivity index (χ4v) is 2.47. The number of aromatic nitrogens is 3. The molecule has 0 unspecified atom stereocenters. The van der Waals surface area contributed by atoms with Gasteiger partial charge >= 0.3 is 0 Å². The highest BCUT2D eigenvalue weighted by Crippen LogP contribution is 2.12. The van der Waals surface area contributed by atoms with Crippen LogP contribution in [0.25, 0.3) is 0 Å². The summed E-state index contributed by atoms with van der Waals surface area (Å²) in [5.41, 5.74) is 0. The van der Waals surface area contributed by atoms with E-state index >= 15 is 0 Å². The molecular weight excluding hydrogens is 232 g/mol. The summed E-state index contributed by atoms with van der Waals surface area (Å²) < 4.78 is 2.06. The predicted molar refractivity (Wildman–Crippen MR) is 70.1 cm³/mol. The summed E-state index contributed by atoms with van der Waals surface area (Å²) in [5, 5.41) is 4.64. The number of nitrogens with one attached hydrogen (secondary N) is 1. The molecule has 1 N–H and O–H groups in total. The summed E-state index contributed by atoms with van der Waals surface area (Å²) in [6.45, 7) is 3.99. The molecule has 0 amide bonds. The maximum absolute atomic E-state index is 4.34. The number of aryl methyl sites for hydroxylation is 2. The molecule has 5 heteroatoms. The van der Waals surface area contributed by atoms with Crippen LogP contribution in [0.5, 0.6) is 0 Å². The molecule has 0 aromatic carbocycles. The lowest BCUT2D eigenvalue weighted by atomic mass is 10.4. The predicted octanol–water partition coefficient (Wildman–Crippen LogP) is 1.77. The van der Waals surface area contributed by atoms with Crippen LogP contribution in [0.15, 0.2) is 18.6 Å². The van der Waals surface area contributed by atoms with Crippen molar-refractivity contribution in [2.45, 2.75) is 26.3 Å². The molecule has 0 aliphatic rings. The Hall–Kier alpha value is -1.20. The van der Waals surface area contributed by atoms with Crippen molar-refractivity contribution in [1.82, 2.24) is 19.9 Å². The SMILES string of the molecule is CCc1ncc(CNCCc2nccn2C)s1. The lowest BCUT2D eigenvalue weighted by molar-refractivity contribution is 0.659. The van der Waals surface area contributed by atoms with Gasteiger partial charge in [0.2, 0.25) is 0 Å². The number of hydrogen-bond donors (Lipinski definition) is 1. The fourth-order valence-electron chi connectivity index (χ4n) is 1.64. The van der Waals surface area contributed by atoms with Crippen LogP contribution in [-0.4, -0.2) is 21.1 Å². The first-order chi connectivity index (χ1) is 8.29. The molecule has 0 atom stereocenters. The van der Waals surface area contributed by atoms with Gasteiger partial charge in [0.25, 0.3) is 0 Å². The van der Waals surface area contributed by atoms with Crippen LogP contribution in [0.2, 0.25) is 0 Å². The van der Waals surface area contributed by atoms with E-state index in [-0.39, 0.29) is 0 Å². The first-order valence-corrected chi connectivity index (χ1v) is 6.71. The highest BCUT2D eigenvalue weighted by Gasteiger charge is 2.01. The quantitative estimate of drug-likeness (QED) is 0.795. The summed E-state index contributed by atoms with van der Waals surface area (Å²) in [5.74, 6) is 1.12. The Balaban J connectivity index is 1.71. The lowest BCUT2D eigenvalue weighted by Crippen LogP contribution is -2.17. The van der Waals surface area contributed by atoms with Crippen LogP contribution in [0, 0.1) is 0 Å². The van der Waals surface area contributed by atoms with Gasteiger partial charge in [0.05, 0.1) is 5.01 Å². The van der Waals surface area contributed by atoms with Gasteiger partial charge in [-0.15, -0.1) is 11.3 Å². The van der Waals surface area contributed by atoms with E-state index in [1.807, 2.05) is 25.6 Å². The minimum absolute atomic E-state index is 0.905. The van der Waals surface area contributed by atoms with E-state index in [0.29, 0.717) is 0 Å². The smallest absolute Gasteiger partial charge is 0.109 e. The van der Waals surface area contributed by atoms with Gasteiger partial charge in [0.15, 0.2) is 0 Å². The number of nitrogens with zero attached hydrogens (tertiary/aromatic N) is 3. The normalized spacial score (nSPS) is 10.9. The van der Waals surface area contributed by atoms with Crippen molar-refractivity contribution in [3.63, 3.8) is 0 Å². The van der Waals surface area contributed by atoms with Crippen LogP contribution in [0.4, 0.5) is 0 Å². The van der Waals surface area contributed by atoms with E-state index in [1.165, 1.54) is 9.88 Å². The van der Waals surface area contributed by atoms with Gasteiger partial charge in [-0.05, 0) is 6.42 Å². The zero-order valence-corrected chi connectivity index (χ0v) is 11.1. The molecule has 4 nitrogen and oxygen atoms in total. The van der Waals surface area contributed by atoms with Crippen molar-refractivity contribution in [3.8, 4) is 0 Å². The van der Waals surface area contributed by atoms with Crippen LogP contribution in [-0.2, 0) is 26.4 Å². The minimum Gasteiger partial charge on any atom is -0.338 e. The largest absolute Gasteiger partial charge is 0.338 e. The molecule has 0 fully saturated rings. The molecule has 0 bridgehead atoms. The van der Waals surface area contributed by atoms with E-state index in [4.69, 9.17) is 0 Å². The topological polar surface area (TPSA) is 42.7 Å². The molecule has 2 rings (SSSR count). The third kappa shape index (κ3) is 3.38.